The number of aryl methyl sites for hydroxylation is 1. The number of carboxylic acid groups (broad SMARTS) is 1. The number of aromatic carboxylic acids is 1. The van der Waals surface area contributed by atoms with Gasteiger partial charge in [-0.05, 0) is 43.7 Å². The van der Waals surface area contributed by atoms with Gasteiger partial charge in [-0.25, -0.2) is 4.79 Å². The first-order valence-corrected chi connectivity index (χ1v) is 10.5. The van der Waals surface area contributed by atoms with Crippen molar-refractivity contribution in [1.29, 1.82) is 0 Å². The van der Waals surface area contributed by atoms with Gasteiger partial charge in [-0.2, -0.15) is 0 Å². The molecule has 4 N–H and O–H groups in total. The number of H-pyrrole nitrogens is 1. The number of likely N-dealkylation sites (N-methyl/N-ethyl adjacent to an activating group) is 1. The highest BCUT2D eigenvalue weighted by Crippen LogP contribution is 2.32. The van der Waals surface area contributed by atoms with Gasteiger partial charge in [-0.3, -0.25) is 9.69 Å². The van der Waals surface area contributed by atoms with E-state index in [1.54, 1.807) is 0 Å². The van der Waals surface area contributed by atoms with Crippen LogP contribution >= 0.6 is 0 Å². The molecule has 0 amide bonds. The fourth-order valence-electron chi connectivity index (χ4n) is 4.57. The molecule has 0 spiro atoms. The van der Waals surface area contributed by atoms with Crippen LogP contribution in [0.25, 0.3) is 22.2 Å². The summed E-state index contributed by atoms with van der Waals surface area (Å²) in [5.41, 5.74) is 2.48. The summed E-state index contributed by atoms with van der Waals surface area (Å²) in [5.74, 6) is -1.90. The summed E-state index contributed by atoms with van der Waals surface area (Å²) >= 11 is 0. The van der Waals surface area contributed by atoms with Crippen molar-refractivity contribution in [2.45, 2.75) is 32.4 Å². The van der Waals surface area contributed by atoms with E-state index in [9.17, 15) is 19.8 Å². The largest absolute Gasteiger partial charge is 0.506 e. The molecule has 1 aliphatic heterocycles. The fourth-order valence-corrected chi connectivity index (χ4v) is 4.57. The molecule has 0 radical (unpaired) electrons. The summed E-state index contributed by atoms with van der Waals surface area (Å²) in [7, 11) is 4.05. The van der Waals surface area contributed by atoms with Crippen molar-refractivity contribution in [1.82, 2.24) is 19.8 Å². The minimum atomic E-state index is -1.44. The number of hydrogen-bond acceptors (Lipinski definition) is 5. The molecule has 2 aromatic heterocycles. The summed E-state index contributed by atoms with van der Waals surface area (Å²) in [4.78, 5) is 28.8. The first kappa shape index (κ1) is 21.1. The number of hydrogen-bond donors (Lipinski definition) is 4. The second kappa shape index (κ2) is 8.20. The van der Waals surface area contributed by atoms with E-state index in [0.29, 0.717) is 23.7 Å². The van der Waals surface area contributed by atoms with E-state index in [4.69, 9.17) is 0 Å². The van der Waals surface area contributed by atoms with Gasteiger partial charge >= 0.3 is 5.97 Å². The predicted molar refractivity (Wildman–Crippen MR) is 120 cm³/mol. The van der Waals surface area contributed by atoms with Crippen LogP contribution in [0.5, 0.6) is 5.75 Å². The molecular formula is C23H28N4O4. The Morgan fingerprint density at radius 1 is 1.32 bits per heavy atom. The van der Waals surface area contributed by atoms with Crippen LogP contribution in [0, 0.1) is 0 Å². The van der Waals surface area contributed by atoms with Crippen LogP contribution in [-0.2, 0) is 20.0 Å². The number of aromatic hydroxyl groups is 1. The summed E-state index contributed by atoms with van der Waals surface area (Å²) in [6.07, 6.45) is 1.53. The third-order valence-corrected chi connectivity index (χ3v) is 6.35. The Morgan fingerprint density at radius 3 is 2.74 bits per heavy atom. The number of carbonyl (C=O) groups is 1. The summed E-state index contributed by atoms with van der Waals surface area (Å²) in [6, 6.07) is 8.55. The Bertz CT molecular complexity index is 1210. The third kappa shape index (κ3) is 3.73. The number of aromatic nitrogens is 2. The number of fused-ring (bicyclic) bond motifs is 1. The number of pyridine rings is 1. The number of likely N-dealkylation sites (tertiary alicyclic amines) is 1. The molecule has 0 saturated carbocycles. The van der Waals surface area contributed by atoms with E-state index in [-0.39, 0.29) is 0 Å². The number of benzene rings is 1. The Morgan fingerprint density at radius 2 is 2.10 bits per heavy atom. The highest BCUT2D eigenvalue weighted by molar-refractivity contribution is 5.92. The zero-order valence-corrected chi connectivity index (χ0v) is 18.0. The first-order chi connectivity index (χ1) is 14.8. The van der Waals surface area contributed by atoms with E-state index in [0.717, 1.165) is 42.5 Å². The summed E-state index contributed by atoms with van der Waals surface area (Å²) in [6.45, 7) is 4.77. The molecule has 0 aliphatic carbocycles. The molecule has 1 aliphatic rings. The van der Waals surface area contributed by atoms with Gasteiger partial charge in [0.2, 0.25) is 0 Å². The lowest BCUT2D eigenvalue weighted by Gasteiger charge is -2.16. The van der Waals surface area contributed by atoms with Crippen molar-refractivity contribution in [3.63, 3.8) is 0 Å². The van der Waals surface area contributed by atoms with Crippen molar-refractivity contribution in [3.05, 3.63) is 51.4 Å². The smallest absolute Gasteiger partial charge is 0.345 e. The number of aromatic amines is 1. The molecule has 4 rings (SSSR count). The van der Waals surface area contributed by atoms with E-state index in [1.165, 1.54) is 5.69 Å². The van der Waals surface area contributed by atoms with Crippen LogP contribution in [0.2, 0.25) is 0 Å². The summed E-state index contributed by atoms with van der Waals surface area (Å²) < 4.78 is 2.18. The summed E-state index contributed by atoms with van der Waals surface area (Å²) in [5, 5.41) is 24.1. The first-order valence-electron chi connectivity index (χ1n) is 10.5. The van der Waals surface area contributed by atoms with E-state index in [1.807, 2.05) is 32.2 Å². The molecule has 31 heavy (non-hydrogen) atoms. The van der Waals surface area contributed by atoms with Gasteiger partial charge in [0, 0.05) is 54.9 Å². The molecule has 8 heteroatoms. The highest BCUT2D eigenvalue weighted by atomic mass is 16.4. The fraction of sp³-hybridized carbons (Fsp3) is 0.391. The molecule has 1 unspecified atom stereocenters. The zero-order valence-electron chi connectivity index (χ0n) is 18.0. The molecule has 0 bridgehead atoms. The van der Waals surface area contributed by atoms with Gasteiger partial charge in [0.05, 0.1) is 5.69 Å². The van der Waals surface area contributed by atoms with E-state index in [2.05, 4.69) is 32.9 Å². The second-order valence-corrected chi connectivity index (χ2v) is 8.17. The van der Waals surface area contributed by atoms with Crippen molar-refractivity contribution >= 4 is 16.9 Å². The van der Waals surface area contributed by atoms with Crippen LogP contribution < -0.4 is 10.9 Å². The zero-order chi connectivity index (χ0) is 22.3. The number of nitrogens with one attached hydrogen (secondary N) is 2. The van der Waals surface area contributed by atoms with Gasteiger partial charge in [0.15, 0.2) is 5.56 Å². The van der Waals surface area contributed by atoms with Gasteiger partial charge < -0.3 is 25.1 Å². The minimum Gasteiger partial charge on any atom is -0.506 e. The molecule has 1 fully saturated rings. The van der Waals surface area contributed by atoms with Crippen molar-refractivity contribution in [3.8, 4) is 17.0 Å². The van der Waals surface area contributed by atoms with Gasteiger partial charge in [-0.1, -0.05) is 13.0 Å². The predicted octanol–water partition coefficient (Wildman–Crippen LogP) is 2.29. The van der Waals surface area contributed by atoms with Crippen LogP contribution in [0.3, 0.4) is 0 Å². The maximum absolute atomic E-state index is 12.3. The van der Waals surface area contributed by atoms with E-state index >= 15 is 0 Å². The molecule has 164 valence electrons. The van der Waals surface area contributed by atoms with Crippen LogP contribution in [0.1, 0.15) is 35.0 Å². The lowest BCUT2D eigenvalue weighted by molar-refractivity contribution is 0.0691. The average molecular weight is 425 g/mol. The molecule has 8 nitrogen and oxygen atoms in total. The third-order valence-electron chi connectivity index (χ3n) is 6.35. The van der Waals surface area contributed by atoms with Crippen LogP contribution in [0.4, 0.5) is 0 Å². The van der Waals surface area contributed by atoms with Crippen LogP contribution in [0.15, 0.2) is 29.1 Å². The molecule has 1 saturated heterocycles. The maximum atomic E-state index is 12.3. The molecule has 3 aromatic rings. The standard InChI is InChI=1S/C23H28N4O4/c1-4-17-20(25-22(29)19(21(17)28)23(30)31)13-5-6-18-14(9-13)10-16(26(18)3)12-27-8-7-15(11-27)24-2/h5-6,9-10,15,24H,4,7-8,11-12H2,1-3H3,(H,30,31)(H2,25,28,29). The second-order valence-electron chi connectivity index (χ2n) is 8.17. The Balaban J connectivity index is 1.74. The average Bonchev–Trinajstić information content (AvgIpc) is 3.31. The van der Waals surface area contributed by atoms with E-state index < -0.39 is 22.8 Å². The molecule has 3 heterocycles. The number of carboxylic acids is 1. The monoisotopic (exact) mass is 424 g/mol. The Kier molecular flexibility index (Phi) is 5.60. The Labute approximate surface area is 180 Å². The lowest BCUT2D eigenvalue weighted by Crippen LogP contribution is -2.29. The topological polar surface area (TPSA) is 111 Å². The lowest BCUT2D eigenvalue weighted by atomic mass is 9.99. The number of nitrogens with zero attached hydrogens (tertiary/aromatic N) is 2. The maximum Gasteiger partial charge on any atom is 0.345 e. The van der Waals surface area contributed by atoms with Crippen LogP contribution in [-0.4, -0.2) is 56.8 Å². The van der Waals surface area contributed by atoms with Gasteiger partial charge in [0.25, 0.3) is 5.56 Å². The molecular weight excluding hydrogens is 396 g/mol. The normalized spacial score (nSPS) is 16.9. The van der Waals surface area contributed by atoms with Gasteiger partial charge in [0.1, 0.15) is 5.75 Å². The SMILES string of the molecule is CCc1c(-c2ccc3c(c2)cc(CN2CCC(NC)C2)n3C)[nH]c(=O)c(C(=O)O)c1O. The number of rotatable bonds is 6. The quantitative estimate of drug-likeness (QED) is 0.483. The molecule has 1 aromatic carbocycles. The Hall–Kier alpha value is -3.10. The highest BCUT2D eigenvalue weighted by Gasteiger charge is 2.23. The van der Waals surface area contributed by atoms with Crippen molar-refractivity contribution in [2.75, 3.05) is 20.1 Å². The minimum absolute atomic E-state index is 0.387. The van der Waals surface area contributed by atoms with Crippen molar-refractivity contribution < 1.29 is 15.0 Å². The van der Waals surface area contributed by atoms with Gasteiger partial charge in [-0.15, -0.1) is 0 Å². The molecule has 1 atom stereocenters. The van der Waals surface area contributed by atoms with Crippen molar-refractivity contribution in [2.24, 2.45) is 7.05 Å².